The number of nitrogens with zero attached hydrogens (tertiary/aromatic N) is 3. The average molecular weight is 305 g/mol. The van der Waals surface area contributed by atoms with E-state index in [1.54, 1.807) is 4.90 Å². The van der Waals surface area contributed by atoms with E-state index in [9.17, 15) is 13.2 Å². The Bertz CT molecular complexity index is 479. The van der Waals surface area contributed by atoms with Crippen molar-refractivity contribution in [1.82, 2.24) is 15.0 Å². The van der Waals surface area contributed by atoms with Crippen LogP contribution in [-0.2, 0) is 5.41 Å². The molecule has 2 atom stereocenters. The number of aromatic nitrogens is 2. The van der Waals surface area contributed by atoms with Gasteiger partial charge in [0.1, 0.15) is 0 Å². The Balaban J connectivity index is 2.09. The van der Waals surface area contributed by atoms with Crippen molar-refractivity contribution < 1.29 is 17.7 Å². The fourth-order valence-corrected chi connectivity index (χ4v) is 2.49. The summed E-state index contributed by atoms with van der Waals surface area (Å²) in [5.74, 6) is -0.296. The summed E-state index contributed by atoms with van der Waals surface area (Å²) in [6, 6.07) is -0.293. The van der Waals surface area contributed by atoms with Gasteiger partial charge in [-0.2, -0.15) is 18.2 Å². The molecule has 0 aliphatic carbocycles. The molecule has 1 saturated heterocycles. The van der Waals surface area contributed by atoms with Crippen molar-refractivity contribution in [1.29, 1.82) is 0 Å². The second kappa shape index (κ2) is 5.59. The molecule has 0 amide bonds. The molecule has 0 radical (unpaired) electrons. The molecule has 2 heterocycles. The van der Waals surface area contributed by atoms with E-state index in [1.165, 1.54) is 0 Å². The molecule has 0 bridgehead atoms. The summed E-state index contributed by atoms with van der Waals surface area (Å²) in [7, 11) is 0. The van der Waals surface area contributed by atoms with Gasteiger partial charge < -0.3 is 4.52 Å². The maximum atomic E-state index is 12.9. The Morgan fingerprint density at radius 3 is 2.48 bits per heavy atom. The minimum atomic E-state index is -4.14. The van der Waals surface area contributed by atoms with E-state index in [0.717, 1.165) is 0 Å². The highest BCUT2D eigenvalue weighted by Gasteiger charge is 2.43. The maximum Gasteiger partial charge on any atom is 0.393 e. The Morgan fingerprint density at radius 2 is 1.95 bits per heavy atom. The molecule has 0 N–H and O–H groups in total. The summed E-state index contributed by atoms with van der Waals surface area (Å²) in [4.78, 5) is 6.12. The van der Waals surface area contributed by atoms with Gasteiger partial charge in [0.05, 0.1) is 12.0 Å². The van der Waals surface area contributed by atoms with Gasteiger partial charge in [0.15, 0.2) is 5.82 Å². The Hall–Kier alpha value is -1.11. The van der Waals surface area contributed by atoms with Gasteiger partial charge in [-0.1, -0.05) is 25.9 Å². The monoisotopic (exact) mass is 305 g/mol. The average Bonchev–Trinajstić information content (AvgIpc) is 2.86. The Labute approximate surface area is 122 Å². The first-order valence-corrected chi connectivity index (χ1v) is 7.24. The number of rotatable bonds is 2. The first-order valence-electron chi connectivity index (χ1n) is 7.24. The minimum Gasteiger partial charge on any atom is -0.338 e. The van der Waals surface area contributed by atoms with E-state index < -0.39 is 12.1 Å². The van der Waals surface area contributed by atoms with Crippen molar-refractivity contribution in [2.75, 3.05) is 13.1 Å². The second-order valence-corrected chi connectivity index (χ2v) is 6.76. The van der Waals surface area contributed by atoms with Gasteiger partial charge in [0.25, 0.3) is 0 Å². The molecule has 0 spiro atoms. The molecule has 21 heavy (non-hydrogen) atoms. The summed E-state index contributed by atoms with van der Waals surface area (Å²) in [6.07, 6.45) is -3.40. The van der Waals surface area contributed by atoms with Crippen LogP contribution in [0.3, 0.4) is 0 Å². The van der Waals surface area contributed by atoms with E-state index in [2.05, 4.69) is 10.1 Å². The first kappa shape index (κ1) is 16.3. The lowest BCUT2D eigenvalue weighted by Crippen LogP contribution is -2.42. The highest BCUT2D eigenvalue weighted by Crippen LogP contribution is 2.35. The van der Waals surface area contributed by atoms with E-state index in [-0.39, 0.29) is 24.4 Å². The number of hydrogen-bond acceptors (Lipinski definition) is 4. The van der Waals surface area contributed by atoms with E-state index in [4.69, 9.17) is 4.52 Å². The van der Waals surface area contributed by atoms with Crippen LogP contribution in [0.25, 0.3) is 0 Å². The van der Waals surface area contributed by atoms with Crippen molar-refractivity contribution in [2.45, 2.75) is 58.2 Å². The third-order valence-electron chi connectivity index (χ3n) is 3.93. The number of alkyl halides is 3. The van der Waals surface area contributed by atoms with Crippen LogP contribution in [0.2, 0.25) is 0 Å². The number of piperidine rings is 1. The summed E-state index contributed by atoms with van der Waals surface area (Å²) in [6.45, 7) is 8.34. The minimum absolute atomic E-state index is 0.00209. The fraction of sp³-hybridized carbons (Fsp3) is 0.857. The molecule has 1 fully saturated rings. The van der Waals surface area contributed by atoms with Gasteiger partial charge in [0, 0.05) is 12.0 Å². The molecule has 0 saturated carbocycles. The van der Waals surface area contributed by atoms with Crippen molar-refractivity contribution in [3.8, 4) is 0 Å². The molecule has 7 heteroatoms. The van der Waals surface area contributed by atoms with Gasteiger partial charge in [-0.05, 0) is 26.3 Å². The Morgan fingerprint density at radius 1 is 1.29 bits per heavy atom. The van der Waals surface area contributed by atoms with Crippen LogP contribution < -0.4 is 0 Å². The zero-order chi connectivity index (χ0) is 15.8. The van der Waals surface area contributed by atoms with Crippen LogP contribution in [0.15, 0.2) is 4.52 Å². The molecule has 120 valence electrons. The molecule has 1 aromatic heterocycles. The van der Waals surface area contributed by atoms with Crippen molar-refractivity contribution in [2.24, 2.45) is 5.92 Å². The Kier molecular flexibility index (Phi) is 4.33. The summed E-state index contributed by atoms with van der Waals surface area (Å²) < 4.78 is 43.8. The summed E-state index contributed by atoms with van der Waals surface area (Å²) in [5.41, 5.74) is -0.238. The molecule has 1 aliphatic heterocycles. The quantitative estimate of drug-likeness (QED) is 0.835. The van der Waals surface area contributed by atoms with Crippen LogP contribution in [0.1, 0.15) is 58.3 Å². The van der Waals surface area contributed by atoms with Gasteiger partial charge in [0.2, 0.25) is 5.89 Å². The second-order valence-electron chi connectivity index (χ2n) is 6.76. The normalized spacial score (nSPS) is 23.3. The maximum absolute atomic E-state index is 12.9. The topological polar surface area (TPSA) is 42.2 Å². The van der Waals surface area contributed by atoms with E-state index in [1.807, 2.05) is 27.7 Å². The predicted octanol–water partition coefficient (Wildman–Crippen LogP) is 3.70. The molecular weight excluding hydrogens is 283 g/mol. The zero-order valence-corrected chi connectivity index (χ0v) is 12.9. The fourth-order valence-electron chi connectivity index (χ4n) is 2.49. The molecule has 4 nitrogen and oxygen atoms in total. The van der Waals surface area contributed by atoms with Crippen molar-refractivity contribution in [3.63, 3.8) is 0 Å². The lowest BCUT2D eigenvalue weighted by molar-refractivity contribution is -0.188. The standard InChI is InChI=1S/C14H22F3N3O/c1-9(11-18-12(19-21-11)13(2,3)4)20-7-5-6-10(8-20)14(15,16)17/h9-10H,5-8H2,1-4H3/t9-,10-/m0/s1. The van der Waals surface area contributed by atoms with Crippen LogP contribution in [-0.4, -0.2) is 34.3 Å². The van der Waals surface area contributed by atoms with E-state index >= 15 is 0 Å². The summed E-state index contributed by atoms with van der Waals surface area (Å²) in [5, 5.41) is 3.94. The lowest BCUT2D eigenvalue weighted by atomic mass is 9.95. The first-order chi connectivity index (χ1) is 9.59. The molecule has 1 aromatic rings. The number of hydrogen-bond donors (Lipinski definition) is 0. The van der Waals surface area contributed by atoms with Gasteiger partial charge in [-0.25, -0.2) is 0 Å². The predicted molar refractivity (Wildman–Crippen MR) is 71.8 cm³/mol. The summed E-state index contributed by atoms with van der Waals surface area (Å²) >= 11 is 0. The molecule has 0 unspecified atom stereocenters. The van der Waals surface area contributed by atoms with E-state index in [0.29, 0.717) is 24.7 Å². The highest BCUT2D eigenvalue weighted by molar-refractivity contribution is 5.02. The molecular formula is C14H22F3N3O. The van der Waals surface area contributed by atoms with Crippen molar-refractivity contribution >= 4 is 0 Å². The lowest BCUT2D eigenvalue weighted by Gasteiger charge is -2.36. The van der Waals surface area contributed by atoms with Crippen LogP contribution >= 0.6 is 0 Å². The highest BCUT2D eigenvalue weighted by atomic mass is 19.4. The molecule has 1 aliphatic rings. The van der Waals surface area contributed by atoms with Gasteiger partial charge in [-0.15, -0.1) is 0 Å². The van der Waals surface area contributed by atoms with Crippen LogP contribution in [0.5, 0.6) is 0 Å². The molecule has 0 aromatic carbocycles. The van der Waals surface area contributed by atoms with Gasteiger partial charge in [-0.3, -0.25) is 4.90 Å². The van der Waals surface area contributed by atoms with Gasteiger partial charge >= 0.3 is 6.18 Å². The van der Waals surface area contributed by atoms with Crippen LogP contribution in [0.4, 0.5) is 13.2 Å². The third-order valence-corrected chi connectivity index (χ3v) is 3.93. The molecule has 2 rings (SSSR count). The largest absolute Gasteiger partial charge is 0.393 e. The smallest absolute Gasteiger partial charge is 0.338 e. The SMILES string of the molecule is C[C@@H](c1nc(C(C)(C)C)no1)N1CCC[C@H](C(F)(F)F)C1. The van der Waals surface area contributed by atoms with Crippen molar-refractivity contribution in [3.05, 3.63) is 11.7 Å². The van der Waals surface area contributed by atoms with Crippen LogP contribution in [0, 0.1) is 5.92 Å². The third kappa shape index (κ3) is 3.75. The number of likely N-dealkylation sites (tertiary alicyclic amines) is 1. The number of halogens is 3. The zero-order valence-electron chi connectivity index (χ0n) is 12.9.